The average molecular weight is 391 g/mol. The summed E-state index contributed by atoms with van der Waals surface area (Å²) in [4.78, 5) is 44.7. The summed E-state index contributed by atoms with van der Waals surface area (Å²) >= 11 is 0. The van der Waals surface area contributed by atoms with Gasteiger partial charge in [0.2, 0.25) is 0 Å². The minimum Gasteiger partial charge on any atom is -0.357 e. The van der Waals surface area contributed by atoms with E-state index < -0.39 is 29.6 Å². The highest BCUT2D eigenvalue weighted by Crippen LogP contribution is 2.19. The molecule has 3 amide bonds. The van der Waals surface area contributed by atoms with E-state index in [1.54, 1.807) is 12.1 Å². The van der Waals surface area contributed by atoms with Crippen LogP contribution in [0.1, 0.15) is 49.0 Å². The zero-order valence-corrected chi connectivity index (χ0v) is 16.9. The minimum atomic E-state index is -1.80. The van der Waals surface area contributed by atoms with Gasteiger partial charge >= 0.3 is 0 Å². The molecular weight excluding hydrogens is 362 g/mol. The second-order valence-electron chi connectivity index (χ2n) is 6.91. The summed E-state index contributed by atoms with van der Waals surface area (Å²) in [6.07, 6.45) is 2.81. The molecule has 1 unspecified atom stereocenters. The van der Waals surface area contributed by atoms with Gasteiger partial charge in [-0.15, -0.1) is 0 Å². The van der Waals surface area contributed by atoms with Crippen molar-refractivity contribution in [3.8, 4) is 0 Å². The van der Waals surface area contributed by atoms with Crippen LogP contribution in [0.4, 0.5) is 0 Å². The highest BCUT2D eigenvalue weighted by Gasteiger charge is 2.47. The predicted molar refractivity (Wildman–Crippen MR) is 103 cm³/mol. The number of aryl methyl sites for hydroxylation is 1. The van der Waals surface area contributed by atoms with Crippen molar-refractivity contribution in [2.75, 3.05) is 20.7 Å². The number of carbonyl (C=O) groups excluding carboxylic acids is 3. The lowest BCUT2D eigenvalue weighted by Gasteiger charge is -2.36. The fourth-order valence-corrected chi connectivity index (χ4v) is 2.95. The molecule has 1 saturated heterocycles. The molecule has 8 nitrogen and oxygen atoms in total. The molecule has 1 aromatic rings. The van der Waals surface area contributed by atoms with Crippen molar-refractivity contribution >= 4 is 17.7 Å². The lowest BCUT2D eigenvalue weighted by molar-refractivity contribution is -0.204. The van der Waals surface area contributed by atoms with Gasteiger partial charge in [0.25, 0.3) is 17.7 Å². The van der Waals surface area contributed by atoms with Crippen LogP contribution in [0.3, 0.4) is 0 Å². The number of likely N-dealkylation sites (N-methyl/N-ethyl adjacent to an activating group) is 2. The maximum Gasteiger partial charge on any atom is 0.279 e. The van der Waals surface area contributed by atoms with Gasteiger partial charge in [0.1, 0.15) is 0 Å². The summed E-state index contributed by atoms with van der Waals surface area (Å²) in [5, 5.41) is 2.45. The Kier molecular flexibility index (Phi) is 7.53. The number of carbonyl (C=O) groups is 3. The summed E-state index contributed by atoms with van der Waals surface area (Å²) in [5.41, 5.74) is 1.97. The van der Waals surface area contributed by atoms with E-state index in [0.29, 0.717) is 18.6 Å². The lowest BCUT2D eigenvalue weighted by atomic mass is 9.96. The van der Waals surface area contributed by atoms with Gasteiger partial charge in [-0.05, 0) is 43.9 Å². The molecule has 1 aromatic carbocycles. The van der Waals surface area contributed by atoms with Gasteiger partial charge in [-0.3, -0.25) is 14.4 Å². The zero-order valence-electron chi connectivity index (χ0n) is 16.9. The van der Waals surface area contributed by atoms with Crippen molar-refractivity contribution in [1.82, 2.24) is 15.7 Å². The van der Waals surface area contributed by atoms with Crippen molar-refractivity contribution < 1.29 is 24.0 Å². The van der Waals surface area contributed by atoms with Gasteiger partial charge in [-0.2, -0.15) is 0 Å². The quantitative estimate of drug-likeness (QED) is 0.541. The molecule has 0 radical (unpaired) electrons. The van der Waals surface area contributed by atoms with E-state index in [0.717, 1.165) is 29.7 Å². The molecule has 28 heavy (non-hydrogen) atoms. The number of benzene rings is 1. The molecule has 1 fully saturated rings. The molecule has 2 atom stereocenters. The van der Waals surface area contributed by atoms with Gasteiger partial charge < -0.3 is 15.0 Å². The monoisotopic (exact) mass is 391 g/mol. The maximum atomic E-state index is 12.9. The van der Waals surface area contributed by atoms with Crippen LogP contribution in [0.15, 0.2) is 24.3 Å². The van der Waals surface area contributed by atoms with Gasteiger partial charge in [0.15, 0.2) is 11.8 Å². The number of hydroxylamine groups is 1. The van der Waals surface area contributed by atoms with Crippen LogP contribution in [0.25, 0.3) is 0 Å². The molecule has 2 rings (SSSR count). The van der Waals surface area contributed by atoms with Crippen molar-refractivity contribution in [3.63, 3.8) is 0 Å². The van der Waals surface area contributed by atoms with Crippen LogP contribution in [0, 0.1) is 0 Å². The molecule has 1 aliphatic rings. The lowest BCUT2D eigenvalue weighted by Crippen LogP contribution is -2.65. The third-order valence-electron chi connectivity index (χ3n) is 5.12. The maximum absolute atomic E-state index is 12.9. The molecule has 0 saturated carbocycles. The zero-order chi connectivity index (χ0) is 20.7. The molecule has 0 aliphatic carbocycles. The second kappa shape index (κ2) is 9.66. The van der Waals surface area contributed by atoms with Crippen molar-refractivity contribution in [2.24, 2.45) is 0 Å². The van der Waals surface area contributed by atoms with Crippen LogP contribution in [0.2, 0.25) is 0 Å². The SMILES string of the molecule is CCc1ccc(C(=O)N(C)[C@@](C)(C(=O)NC)C(=O)NOC2CCCCO2)cc1. The minimum absolute atomic E-state index is 0.388. The Hall–Kier alpha value is -2.45. The largest absolute Gasteiger partial charge is 0.357 e. The predicted octanol–water partition coefficient (Wildman–Crippen LogP) is 1.40. The summed E-state index contributed by atoms with van der Waals surface area (Å²) in [6.45, 7) is 3.95. The van der Waals surface area contributed by atoms with Crippen LogP contribution >= 0.6 is 0 Å². The number of amides is 3. The summed E-state index contributed by atoms with van der Waals surface area (Å²) < 4.78 is 5.41. The average Bonchev–Trinajstić information content (AvgIpc) is 2.75. The molecule has 0 spiro atoms. The number of nitrogens with zero attached hydrogens (tertiary/aromatic N) is 1. The third-order valence-corrected chi connectivity index (χ3v) is 5.12. The molecule has 154 valence electrons. The fourth-order valence-electron chi connectivity index (χ4n) is 2.95. The van der Waals surface area contributed by atoms with Crippen LogP contribution in [-0.4, -0.2) is 55.2 Å². The standard InChI is InChI=1S/C20H29N3O5/c1-5-14-9-11-15(12-10-14)17(24)23(4)20(2,18(25)21-3)19(26)22-28-16-8-6-7-13-27-16/h9-12,16H,5-8,13H2,1-4H3,(H,21,25)(H,22,26)/t16?,20-/m0/s1. The Morgan fingerprint density at radius 1 is 1.21 bits per heavy atom. The highest BCUT2D eigenvalue weighted by molar-refractivity contribution is 6.12. The molecule has 1 heterocycles. The third kappa shape index (κ3) is 4.69. The number of ether oxygens (including phenoxy) is 1. The van der Waals surface area contributed by atoms with Crippen molar-refractivity contribution in [3.05, 3.63) is 35.4 Å². The Balaban J connectivity index is 2.17. The summed E-state index contributed by atoms with van der Waals surface area (Å²) in [5.74, 6) is -1.82. The first kappa shape index (κ1) is 21.8. The first-order chi connectivity index (χ1) is 13.3. The first-order valence-corrected chi connectivity index (χ1v) is 9.51. The van der Waals surface area contributed by atoms with Crippen molar-refractivity contribution in [2.45, 2.75) is 51.4 Å². The van der Waals surface area contributed by atoms with E-state index in [9.17, 15) is 14.4 Å². The van der Waals surface area contributed by atoms with Gasteiger partial charge in [-0.1, -0.05) is 19.1 Å². The normalized spacial score (nSPS) is 18.6. The number of hydrogen-bond acceptors (Lipinski definition) is 5. The van der Waals surface area contributed by atoms with E-state index in [1.165, 1.54) is 21.0 Å². The summed E-state index contributed by atoms with van der Waals surface area (Å²) in [6, 6.07) is 7.07. The molecule has 0 aromatic heterocycles. The van der Waals surface area contributed by atoms with Crippen molar-refractivity contribution in [1.29, 1.82) is 0 Å². The van der Waals surface area contributed by atoms with Gasteiger partial charge in [0, 0.05) is 32.7 Å². The van der Waals surface area contributed by atoms with E-state index in [4.69, 9.17) is 9.57 Å². The number of hydrogen-bond donors (Lipinski definition) is 2. The molecular formula is C20H29N3O5. The Morgan fingerprint density at radius 3 is 2.43 bits per heavy atom. The molecule has 2 N–H and O–H groups in total. The highest BCUT2D eigenvalue weighted by atomic mass is 16.8. The van der Waals surface area contributed by atoms with E-state index in [-0.39, 0.29) is 0 Å². The van der Waals surface area contributed by atoms with Gasteiger partial charge in [-0.25, -0.2) is 10.3 Å². The van der Waals surface area contributed by atoms with E-state index in [2.05, 4.69) is 10.8 Å². The molecule has 8 heteroatoms. The molecule has 1 aliphatic heterocycles. The first-order valence-electron chi connectivity index (χ1n) is 9.51. The second-order valence-corrected chi connectivity index (χ2v) is 6.91. The smallest absolute Gasteiger partial charge is 0.279 e. The van der Waals surface area contributed by atoms with Crippen LogP contribution in [0.5, 0.6) is 0 Å². The van der Waals surface area contributed by atoms with Crippen LogP contribution < -0.4 is 10.8 Å². The topological polar surface area (TPSA) is 97.0 Å². The number of rotatable bonds is 7. The van der Waals surface area contributed by atoms with E-state index >= 15 is 0 Å². The summed E-state index contributed by atoms with van der Waals surface area (Å²) in [7, 11) is 2.83. The Bertz CT molecular complexity index is 700. The number of nitrogens with one attached hydrogen (secondary N) is 2. The molecule has 0 bridgehead atoms. The fraction of sp³-hybridized carbons (Fsp3) is 0.550. The van der Waals surface area contributed by atoms with Gasteiger partial charge in [0.05, 0.1) is 0 Å². The Labute approximate surface area is 165 Å². The van der Waals surface area contributed by atoms with E-state index in [1.807, 2.05) is 19.1 Å². The Morgan fingerprint density at radius 2 is 1.89 bits per heavy atom. The van der Waals surface area contributed by atoms with Crippen LogP contribution in [-0.2, 0) is 25.6 Å².